The number of anilines is 1. The number of ether oxygens (including phenoxy) is 2. The van der Waals surface area contributed by atoms with Gasteiger partial charge in [-0.1, -0.05) is 12.5 Å². The second-order valence-electron chi connectivity index (χ2n) is 7.31. The highest BCUT2D eigenvalue weighted by Gasteiger charge is 2.25. The van der Waals surface area contributed by atoms with Gasteiger partial charge in [0.1, 0.15) is 0 Å². The van der Waals surface area contributed by atoms with E-state index >= 15 is 0 Å². The van der Waals surface area contributed by atoms with Crippen molar-refractivity contribution in [3.05, 3.63) is 48.0 Å². The van der Waals surface area contributed by atoms with Gasteiger partial charge < -0.3 is 20.1 Å². The van der Waals surface area contributed by atoms with Gasteiger partial charge in [-0.05, 0) is 73.4 Å². The van der Waals surface area contributed by atoms with E-state index in [1.807, 2.05) is 18.2 Å². The van der Waals surface area contributed by atoms with Crippen molar-refractivity contribution in [3.8, 4) is 11.5 Å². The summed E-state index contributed by atoms with van der Waals surface area (Å²) in [4.78, 5) is 0.312. The summed E-state index contributed by atoms with van der Waals surface area (Å²) in [5.41, 5.74) is 1.83. The van der Waals surface area contributed by atoms with Crippen LogP contribution >= 0.6 is 12.2 Å². The molecule has 2 N–H and O–H groups in total. The fourth-order valence-corrected chi connectivity index (χ4v) is 5.23. The van der Waals surface area contributed by atoms with E-state index in [4.69, 9.17) is 21.7 Å². The van der Waals surface area contributed by atoms with Crippen molar-refractivity contribution in [1.82, 2.24) is 9.62 Å². The molecule has 1 heterocycles. The zero-order chi connectivity index (χ0) is 22.3. The van der Waals surface area contributed by atoms with Gasteiger partial charge in [-0.15, -0.1) is 0 Å². The molecule has 7 nitrogen and oxygen atoms in total. The summed E-state index contributed by atoms with van der Waals surface area (Å²) in [6.07, 6.45) is 3.69. The minimum absolute atomic E-state index is 0.312. The van der Waals surface area contributed by atoms with Gasteiger partial charge >= 0.3 is 0 Å². The van der Waals surface area contributed by atoms with Crippen molar-refractivity contribution in [1.29, 1.82) is 0 Å². The second kappa shape index (κ2) is 10.8. The second-order valence-corrected chi connectivity index (χ2v) is 9.66. The standard InChI is InChI=1S/C22H29N3O4S2/c1-28-20-11-6-17(16-21(20)29-2)12-13-23-22(30)24-18-7-9-19(10-8-18)31(26,27)25-14-4-3-5-15-25/h6-11,16H,3-5,12-15H2,1-2H3,(H2,23,24,30). The highest BCUT2D eigenvalue weighted by molar-refractivity contribution is 7.89. The number of sulfonamides is 1. The molecule has 0 atom stereocenters. The van der Waals surface area contributed by atoms with Crippen LogP contribution in [0.2, 0.25) is 0 Å². The number of nitrogens with one attached hydrogen (secondary N) is 2. The first kappa shape index (κ1) is 23.3. The van der Waals surface area contributed by atoms with Gasteiger partial charge in [0.2, 0.25) is 10.0 Å². The summed E-state index contributed by atoms with van der Waals surface area (Å²) in [5.74, 6) is 1.39. The van der Waals surface area contributed by atoms with Gasteiger partial charge in [0, 0.05) is 25.3 Å². The molecule has 1 fully saturated rings. The van der Waals surface area contributed by atoms with E-state index in [9.17, 15) is 8.42 Å². The summed E-state index contributed by atoms with van der Waals surface area (Å²) in [6, 6.07) is 12.5. The normalized spacial score (nSPS) is 14.6. The number of benzene rings is 2. The molecule has 1 aliphatic rings. The highest BCUT2D eigenvalue weighted by Crippen LogP contribution is 2.27. The molecular weight excluding hydrogens is 434 g/mol. The van der Waals surface area contributed by atoms with Gasteiger partial charge in [0.05, 0.1) is 19.1 Å². The fraction of sp³-hybridized carbons (Fsp3) is 0.409. The molecule has 9 heteroatoms. The van der Waals surface area contributed by atoms with E-state index in [2.05, 4.69) is 10.6 Å². The molecule has 3 rings (SSSR count). The monoisotopic (exact) mass is 463 g/mol. The van der Waals surface area contributed by atoms with E-state index in [1.54, 1.807) is 42.8 Å². The molecule has 0 saturated carbocycles. The van der Waals surface area contributed by atoms with Gasteiger partial charge in [-0.25, -0.2) is 8.42 Å². The third-order valence-electron chi connectivity index (χ3n) is 5.21. The van der Waals surface area contributed by atoms with E-state index in [1.165, 1.54) is 0 Å². The quantitative estimate of drug-likeness (QED) is 0.581. The zero-order valence-corrected chi connectivity index (χ0v) is 19.5. The Hall–Kier alpha value is -2.36. The predicted octanol–water partition coefficient (Wildman–Crippen LogP) is 3.41. The molecule has 0 aromatic heterocycles. The molecule has 1 saturated heterocycles. The molecule has 0 unspecified atom stereocenters. The lowest BCUT2D eigenvalue weighted by Gasteiger charge is -2.25. The number of nitrogens with zero attached hydrogens (tertiary/aromatic N) is 1. The first-order valence-corrected chi connectivity index (χ1v) is 12.1. The molecule has 0 aliphatic carbocycles. The Morgan fingerprint density at radius 2 is 1.68 bits per heavy atom. The number of methoxy groups -OCH3 is 2. The predicted molar refractivity (Wildman–Crippen MR) is 127 cm³/mol. The van der Waals surface area contributed by atoms with Crippen LogP contribution in [0.1, 0.15) is 24.8 Å². The maximum atomic E-state index is 12.7. The zero-order valence-electron chi connectivity index (χ0n) is 17.9. The molecule has 0 bridgehead atoms. The average molecular weight is 464 g/mol. The molecule has 31 heavy (non-hydrogen) atoms. The third kappa shape index (κ3) is 6.09. The van der Waals surface area contributed by atoms with Gasteiger partial charge in [0.25, 0.3) is 0 Å². The van der Waals surface area contributed by atoms with Crippen molar-refractivity contribution < 1.29 is 17.9 Å². The molecule has 1 aliphatic heterocycles. The van der Waals surface area contributed by atoms with E-state index in [0.29, 0.717) is 41.1 Å². The first-order valence-electron chi connectivity index (χ1n) is 10.3. The summed E-state index contributed by atoms with van der Waals surface area (Å²) in [6.45, 7) is 1.83. The molecule has 0 spiro atoms. The van der Waals surface area contributed by atoms with Gasteiger partial charge in [-0.2, -0.15) is 4.31 Å². The molecule has 2 aromatic carbocycles. The Labute approximate surface area is 189 Å². The first-order chi connectivity index (χ1) is 14.9. The SMILES string of the molecule is COc1ccc(CCNC(=S)Nc2ccc(S(=O)(=O)N3CCCCC3)cc2)cc1OC. The smallest absolute Gasteiger partial charge is 0.243 e. The summed E-state index contributed by atoms with van der Waals surface area (Å²) >= 11 is 5.35. The van der Waals surface area contributed by atoms with Crippen LogP contribution in [0.15, 0.2) is 47.4 Å². The van der Waals surface area contributed by atoms with E-state index in [0.717, 1.165) is 36.9 Å². The molecule has 2 aromatic rings. The number of piperidine rings is 1. The topological polar surface area (TPSA) is 79.9 Å². The van der Waals surface area contributed by atoms with Crippen LogP contribution in [0.5, 0.6) is 11.5 Å². The Kier molecular flexibility index (Phi) is 8.11. The van der Waals surface area contributed by atoms with Crippen molar-refractivity contribution in [2.24, 2.45) is 0 Å². The van der Waals surface area contributed by atoms with Crippen molar-refractivity contribution >= 4 is 33.0 Å². The molecule has 0 amide bonds. The molecule has 168 valence electrons. The van der Waals surface area contributed by atoms with Crippen LogP contribution in [-0.4, -0.2) is 51.7 Å². The lowest BCUT2D eigenvalue weighted by molar-refractivity contribution is 0.346. The largest absolute Gasteiger partial charge is 0.493 e. The van der Waals surface area contributed by atoms with Crippen LogP contribution < -0.4 is 20.1 Å². The van der Waals surface area contributed by atoms with Crippen LogP contribution in [0, 0.1) is 0 Å². The Morgan fingerprint density at radius 1 is 1.00 bits per heavy atom. The van der Waals surface area contributed by atoms with E-state index in [-0.39, 0.29) is 0 Å². The summed E-state index contributed by atoms with van der Waals surface area (Å²) < 4.78 is 37.6. The number of hydrogen-bond donors (Lipinski definition) is 2. The minimum Gasteiger partial charge on any atom is -0.493 e. The lowest BCUT2D eigenvalue weighted by atomic mass is 10.1. The maximum Gasteiger partial charge on any atom is 0.243 e. The van der Waals surface area contributed by atoms with Gasteiger partial charge in [0.15, 0.2) is 16.6 Å². The van der Waals surface area contributed by atoms with Gasteiger partial charge in [-0.3, -0.25) is 0 Å². The van der Waals surface area contributed by atoms with E-state index < -0.39 is 10.0 Å². The van der Waals surface area contributed by atoms with Crippen molar-refractivity contribution in [3.63, 3.8) is 0 Å². The van der Waals surface area contributed by atoms with Crippen LogP contribution in [0.25, 0.3) is 0 Å². The third-order valence-corrected chi connectivity index (χ3v) is 7.37. The van der Waals surface area contributed by atoms with Crippen LogP contribution in [0.3, 0.4) is 0 Å². The molecule has 0 radical (unpaired) electrons. The van der Waals surface area contributed by atoms with Crippen molar-refractivity contribution in [2.45, 2.75) is 30.6 Å². The van der Waals surface area contributed by atoms with Crippen LogP contribution in [-0.2, 0) is 16.4 Å². The van der Waals surface area contributed by atoms with Crippen LogP contribution in [0.4, 0.5) is 5.69 Å². The number of hydrogen-bond acceptors (Lipinski definition) is 5. The number of thiocarbonyl (C=S) groups is 1. The summed E-state index contributed by atoms with van der Waals surface area (Å²) in [7, 11) is -0.202. The number of rotatable bonds is 8. The molecular formula is C22H29N3O4S2. The maximum absolute atomic E-state index is 12.7. The Bertz CT molecular complexity index is 988. The highest BCUT2D eigenvalue weighted by atomic mass is 32.2. The Balaban J connectivity index is 1.50. The van der Waals surface area contributed by atoms with Crippen molar-refractivity contribution in [2.75, 3.05) is 39.2 Å². The fourth-order valence-electron chi connectivity index (χ4n) is 3.50. The Morgan fingerprint density at radius 3 is 2.32 bits per heavy atom. The summed E-state index contributed by atoms with van der Waals surface area (Å²) in [5, 5.41) is 6.74. The minimum atomic E-state index is -3.43. The average Bonchev–Trinajstić information content (AvgIpc) is 2.80. The lowest BCUT2D eigenvalue weighted by Crippen LogP contribution is -2.35.